The van der Waals surface area contributed by atoms with Gasteiger partial charge in [0.15, 0.2) is 6.29 Å². The number of nitrogens with zero attached hydrogens (tertiary/aromatic N) is 3. The Morgan fingerprint density at radius 2 is 1.70 bits per heavy atom. The van der Waals surface area contributed by atoms with E-state index < -0.39 is 6.29 Å². The number of carbonyl (C=O) groups excluding carboxylic acids is 1. The van der Waals surface area contributed by atoms with Crippen molar-refractivity contribution >= 4 is 16.9 Å². The summed E-state index contributed by atoms with van der Waals surface area (Å²) < 4.78 is 13.0. The molecule has 5 aromatic rings. The highest BCUT2D eigenvalue weighted by molar-refractivity contribution is 5.93. The number of nitrogens with one attached hydrogen (secondary N) is 1. The van der Waals surface area contributed by atoms with Crippen molar-refractivity contribution in [3.63, 3.8) is 0 Å². The van der Waals surface area contributed by atoms with Gasteiger partial charge < -0.3 is 24.8 Å². The molecule has 1 aliphatic heterocycles. The van der Waals surface area contributed by atoms with Crippen LogP contribution in [0.25, 0.3) is 22.2 Å². The smallest absolute Gasteiger partial charge is 0.271 e. The predicted octanol–water partition coefficient (Wildman–Crippen LogP) is 6.38. The summed E-state index contributed by atoms with van der Waals surface area (Å²) in [5.74, 6) is -0.267. The van der Waals surface area contributed by atoms with E-state index in [0.717, 1.165) is 58.4 Å². The summed E-state index contributed by atoms with van der Waals surface area (Å²) in [5.41, 5.74) is 7.67. The molecule has 8 heteroatoms. The highest BCUT2D eigenvalue weighted by Gasteiger charge is 2.32. The number of rotatable bonds is 11. The Labute approximate surface area is 269 Å². The molecule has 0 bridgehead atoms. The monoisotopic (exact) mass is 614 g/mol. The number of likely N-dealkylation sites (N-methyl/N-ethyl adjacent to an activating group) is 1. The number of benzene rings is 4. The van der Waals surface area contributed by atoms with E-state index in [4.69, 9.17) is 9.47 Å². The first kappa shape index (κ1) is 31.3. The minimum absolute atomic E-state index is 0.0108. The van der Waals surface area contributed by atoms with E-state index in [9.17, 15) is 9.90 Å². The molecule has 6 rings (SSSR count). The van der Waals surface area contributed by atoms with Gasteiger partial charge in [-0.25, -0.2) is 4.98 Å². The third kappa shape index (κ3) is 7.55. The van der Waals surface area contributed by atoms with Gasteiger partial charge in [0.2, 0.25) is 0 Å². The Morgan fingerprint density at radius 1 is 0.935 bits per heavy atom. The highest BCUT2D eigenvalue weighted by Crippen LogP contribution is 2.38. The third-order valence-corrected chi connectivity index (χ3v) is 8.15. The Bertz CT molecular complexity index is 1790. The van der Waals surface area contributed by atoms with Gasteiger partial charge in [-0.05, 0) is 53.1 Å². The fourth-order valence-corrected chi connectivity index (χ4v) is 5.71. The van der Waals surface area contributed by atoms with Gasteiger partial charge in [-0.2, -0.15) is 0 Å². The third-order valence-electron chi connectivity index (χ3n) is 8.15. The maximum Gasteiger partial charge on any atom is 0.271 e. The lowest BCUT2D eigenvalue weighted by atomic mass is 9.99. The molecule has 4 aromatic carbocycles. The zero-order chi connectivity index (χ0) is 31.9. The summed E-state index contributed by atoms with van der Waals surface area (Å²) >= 11 is 0. The molecule has 8 nitrogen and oxygen atoms in total. The summed E-state index contributed by atoms with van der Waals surface area (Å²) in [6.07, 6.45) is 3.44. The highest BCUT2D eigenvalue weighted by atomic mass is 16.7. The number of ether oxygens (including phenoxy) is 2. The first-order valence-electron chi connectivity index (χ1n) is 15.5. The van der Waals surface area contributed by atoms with Gasteiger partial charge >= 0.3 is 0 Å². The van der Waals surface area contributed by atoms with Crippen LogP contribution in [0.5, 0.6) is 0 Å². The number of aromatic nitrogens is 2. The first-order valence-corrected chi connectivity index (χ1v) is 15.5. The maximum atomic E-state index is 12.8. The average molecular weight is 615 g/mol. The van der Waals surface area contributed by atoms with Crippen LogP contribution >= 0.6 is 0 Å². The molecule has 46 heavy (non-hydrogen) atoms. The van der Waals surface area contributed by atoms with E-state index in [2.05, 4.69) is 70.2 Å². The fraction of sp³-hybridized carbons (Fsp3) is 0.237. The molecule has 1 amide bonds. The second kappa shape index (κ2) is 14.6. The minimum atomic E-state index is -0.521. The van der Waals surface area contributed by atoms with Crippen molar-refractivity contribution in [2.24, 2.45) is 0 Å². The van der Waals surface area contributed by atoms with Crippen LogP contribution in [-0.4, -0.2) is 52.1 Å². The molecule has 2 N–H and O–H groups in total. The summed E-state index contributed by atoms with van der Waals surface area (Å²) in [6, 6.07) is 31.8. The maximum absolute atomic E-state index is 12.8. The van der Waals surface area contributed by atoms with Gasteiger partial charge in [-0.3, -0.25) is 9.78 Å². The summed E-state index contributed by atoms with van der Waals surface area (Å²) in [4.78, 5) is 23.8. The van der Waals surface area contributed by atoms with Crippen LogP contribution in [0.4, 0.5) is 0 Å². The van der Waals surface area contributed by atoms with Crippen LogP contribution in [-0.2, 0) is 22.6 Å². The number of para-hydroxylation sites is 2. The van der Waals surface area contributed by atoms with Crippen LogP contribution in [0.3, 0.4) is 0 Å². The lowest BCUT2D eigenvalue weighted by molar-refractivity contribution is -0.252. The molecule has 3 atom stereocenters. The van der Waals surface area contributed by atoms with E-state index in [1.807, 2.05) is 66.7 Å². The minimum Gasteiger partial charge on any atom is -0.392 e. The van der Waals surface area contributed by atoms with Gasteiger partial charge in [0, 0.05) is 31.6 Å². The molecule has 2 heterocycles. The normalized spacial score (nSPS) is 18.0. The van der Waals surface area contributed by atoms with Gasteiger partial charge in [0.05, 0.1) is 36.0 Å². The van der Waals surface area contributed by atoms with Crippen LogP contribution in [0.1, 0.15) is 51.6 Å². The molecular weight excluding hydrogens is 576 g/mol. The Kier molecular flexibility index (Phi) is 9.91. The molecule has 234 valence electrons. The number of amides is 1. The van der Waals surface area contributed by atoms with Crippen molar-refractivity contribution in [2.75, 3.05) is 20.1 Å². The van der Waals surface area contributed by atoms with Crippen molar-refractivity contribution in [1.29, 1.82) is 0 Å². The number of fused-ring (bicyclic) bond motifs is 1. The van der Waals surface area contributed by atoms with Crippen molar-refractivity contribution in [1.82, 2.24) is 20.2 Å². The van der Waals surface area contributed by atoms with E-state index in [1.165, 1.54) is 6.20 Å². The fourth-order valence-electron chi connectivity index (χ4n) is 5.71. The predicted molar refractivity (Wildman–Crippen MR) is 179 cm³/mol. The summed E-state index contributed by atoms with van der Waals surface area (Å²) in [7, 11) is 2.06. The Morgan fingerprint density at radius 3 is 2.46 bits per heavy atom. The number of hydrogen-bond acceptors (Lipinski definition) is 7. The Balaban J connectivity index is 1.14. The molecule has 0 aliphatic carbocycles. The summed E-state index contributed by atoms with van der Waals surface area (Å²) in [5, 5.41) is 12.4. The SMILES string of the molecule is C=CCN(C)C[C@H]1C[C@@H](c2ccc(CO)cc2)O[C@@H](c2ccc(-c3cccc(CNC(=O)c4cnc5ccccc5n4)c3)cc2)O1. The standard InChI is InChI=1S/C38H38N4O4/c1-3-19-42(2)24-32-21-36(29-13-11-26(25-43)12-14-29)46-38(45-32)30-17-15-28(16-18-30)31-8-6-7-27(20-31)22-40-37(44)35-23-39-33-9-4-5-10-34(33)41-35/h3-18,20,23,32,36,38,43H,1,19,21-22,24-25H2,2H3,(H,40,44)/t32-,36+,38+/m1/s1. The molecule has 1 saturated heterocycles. The van der Waals surface area contributed by atoms with E-state index in [0.29, 0.717) is 12.1 Å². The lowest BCUT2D eigenvalue weighted by Gasteiger charge is -2.37. The van der Waals surface area contributed by atoms with E-state index in [1.54, 1.807) is 0 Å². The molecule has 0 spiro atoms. The first-order chi connectivity index (χ1) is 22.5. The van der Waals surface area contributed by atoms with Gasteiger partial charge in [-0.15, -0.1) is 6.58 Å². The van der Waals surface area contributed by atoms with Crippen molar-refractivity contribution in [2.45, 2.75) is 38.1 Å². The molecule has 0 saturated carbocycles. The van der Waals surface area contributed by atoms with Crippen LogP contribution < -0.4 is 5.32 Å². The van der Waals surface area contributed by atoms with Gasteiger partial charge in [0.1, 0.15) is 5.69 Å². The molecule has 1 fully saturated rings. The van der Waals surface area contributed by atoms with E-state index in [-0.39, 0.29) is 30.4 Å². The average Bonchev–Trinajstić information content (AvgIpc) is 3.10. The van der Waals surface area contributed by atoms with Crippen LogP contribution in [0.2, 0.25) is 0 Å². The van der Waals surface area contributed by atoms with Crippen LogP contribution in [0.15, 0.2) is 116 Å². The van der Waals surface area contributed by atoms with Gasteiger partial charge in [0.25, 0.3) is 5.91 Å². The molecule has 1 aliphatic rings. The quantitative estimate of drug-likeness (QED) is 0.167. The van der Waals surface area contributed by atoms with Crippen LogP contribution in [0, 0.1) is 0 Å². The molecular formula is C38H38N4O4. The largest absolute Gasteiger partial charge is 0.392 e. The second-order valence-electron chi connectivity index (χ2n) is 11.6. The van der Waals surface area contributed by atoms with Crippen molar-refractivity contribution in [3.8, 4) is 11.1 Å². The van der Waals surface area contributed by atoms with Crippen molar-refractivity contribution < 1.29 is 19.4 Å². The molecule has 0 radical (unpaired) electrons. The Hall–Kier alpha value is -4.73. The molecule has 1 aromatic heterocycles. The number of carbonyl (C=O) groups is 1. The number of hydrogen-bond donors (Lipinski definition) is 2. The number of aliphatic hydroxyl groups is 1. The second-order valence-corrected chi connectivity index (χ2v) is 11.6. The van der Waals surface area contributed by atoms with Gasteiger partial charge in [-0.1, -0.05) is 84.9 Å². The summed E-state index contributed by atoms with van der Waals surface area (Å²) in [6.45, 7) is 5.77. The zero-order valence-electron chi connectivity index (χ0n) is 25.9. The van der Waals surface area contributed by atoms with E-state index >= 15 is 0 Å². The number of aliphatic hydroxyl groups excluding tert-OH is 1. The lowest BCUT2D eigenvalue weighted by Crippen LogP contribution is -2.37. The van der Waals surface area contributed by atoms with Crippen molar-refractivity contribution in [3.05, 3.63) is 144 Å². The topological polar surface area (TPSA) is 96.8 Å². The zero-order valence-corrected chi connectivity index (χ0v) is 25.9. The molecule has 0 unspecified atom stereocenters.